The van der Waals surface area contributed by atoms with Crippen molar-refractivity contribution >= 4 is 0 Å². The zero-order chi connectivity index (χ0) is 6.93. The highest BCUT2D eigenvalue weighted by atomic mass is 14.8. The summed E-state index contributed by atoms with van der Waals surface area (Å²) in [6.07, 6.45) is 6.23. The predicted molar refractivity (Wildman–Crippen MR) is 41.5 cm³/mol. The van der Waals surface area contributed by atoms with E-state index in [1.54, 1.807) is 0 Å². The fourth-order valence-electron chi connectivity index (χ4n) is 3.59. The largest absolute Gasteiger partial charge is 0.0879 e. The van der Waals surface area contributed by atoms with Crippen molar-refractivity contribution in [3.8, 4) is 0 Å². The minimum Gasteiger partial charge on any atom is -0.0879 e. The summed E-state index contributed by atoms with van der Waals surface area (Å²) in [6.45, 7) is 4.88. The van der Waals surface area contributed by atoms with E-state index >= 15 is 0 Å². The topological polar surface area (TPSA) is 0 Å². The molecule has 4 atom stereocenters. The minimum atomic E-state index is 0.722. The number of fused-ring (bicyclic) bond motifs is 4. The second-order valence-corrected chi connectivity index (χ2v) is 4.78. The summed E-state index contributed by atoms with van der Waals surface area (Å²) in [5.41, 5.74) is 0.722. The van der Waals surface area contributed by atoms with Crippen LogP contribution in [0.25, 0.3) is 0 Å². The van der Waals surface area contributed by atoms with Crippen molar-refractivity contribution in [3.63, 3.8) is 0 Å². The fourth-order valence-corrected chi connectivity index (χ4v) is 3.59. The molecule has 2 saturated carbocycles. The molecule has 0 heterocycles. The molecule has 3 rings (SSSR count). The van der Waals surface area contributed by atoms with E-state index in [2.05, 4.69) is 26.0 Å². The summed E-state index contributed by atoms with van der Waals surface area (Å²) in [6, 6.07) is 0. The van der Waals surface area contributed by atoms with Gasteiger partial charge in [-0.15, -0.1) is 0 Å². The number of rotatable bonds is 0. The quantitative estimate of drug-likeness (QED) is 0.446. The van der Waals surface area contributed by atoms with E-state index in [0.29, 0.717) is 0 Å². The highest BCUT2D eigenvalue weighted by Crippen LogP contribution is 2.78. The maximum absolute atomic E-state index is 2.46. The van der Waals surface area contributed by atoms with E-state index in [-0.39, 0.29) is 0 Å². The lowest BCUT2D eigenvalue weighted by atomic mass is 9.76. The molecule has 54 valence electrons. The van der Waals surface area contributed by atoms with E-state index in [9.17, 15) is 0 Å². The average Bonchev–Trinajstić information content (AvgIpc) is 2.16. The molecule has 3 aliphatic carbocycles. The first kappa shape index (κ1) is 5.40. The van der Waals surface area contributed by atoms with Crippen LogP contribution in [0.3, 0.4) is 0 Å². The molecule has 0 aromatic heterocycles. The molecule has 0 nitrogen and oxygen atoms in total. The van der Waals surface area contributed by atoms with Crippen molar-refractivity contribution in [2.45, 2.75) is 20.3 Å². The Hall–Kier alpha value is -0.260. The van der Waals surface area contributed by atoms with Gasteiger partial charge in [0.1, 0.15) is 0 Å². The van der Waals surface area contributed by atoms with Gasteiger partial charge < -0.3 is 0 Å². The molecule has 0 N–H and O–H groups in total. The molecule has 0 amide bonds. The first-order valence-corrected chi connectivity index (χ1v) is 4.39. The van der Waals surface area contributed by atoms with Crippen LogP contribution in [-0.2, 0) is 0 Å². The van der Waals surface area contributed by atoms with Gasteiger partial charge in [-0.05, 0) is 35.5 Å². The Balaban J connectivity index is 1.94. The van der Waals surface area contributed by atoms with Crippen molar-refractivity contribution in [2.75, 3.05) is 0 Å². The van der Waals surface area contributed by atoms with E-state index in [1.165, 1.54) is 6.42 Å². The molecule has 0 aliphatic heterocycles. The summed E-state index contributed by atoms with van der Waals surface area (Å²) < 4.78 is 0. The summed E-state index contributed by atoms with van der Waals surface area (Å²) in [7, 11) is 0. The Labute approximate surface area is 62.3 Å². The van der Waals surface area contributed by atoms with E-state index < -0.39 is 0 Å². The highest BCUT2D eigenvalue weighted by molar-refractivity contribution is 5.28. The van der Waals surface area contributed by atoms with E-state index in [0.717, 1.165) is 29.1 Å². The SMILES string of the molecule is CC1(C)[C@@H]2[C@@H]3CC=C[C@@H]3[C@@H]21. The van der Waals surface area contributed by atoms with E-state index in [4.69, 9.17) is 0 Å². The summed E-state index contributed by atoms with van der Waals surface area (Å²) in [5.74, 6) is 4.25. The van der Waals surface area contributed by atoms with Crippen LogP contribution in [-0.4, -0.2) is 0 Å². The first-order chi connectivity index (χ1) is 4.73. The van der Waals surface area contributed by atoms with Gasteiger partial charge in [-0.25, -0.2) is 0 Å². The monoisotopic (exact) mass is 134 g/mol. The van der Waals surface area contributed by atoms with Gasteiger partial charge in [0.25, 0.3) is 0 Å². The Bertz CT molecular complexity index is 212. The number of hydrogen-bond donors (Lipinski definition) is 0. The lowest BCUT2D eigenvalue weighted by Gasteiger charge is -2.28. The van der Waals surface area contributed by atoms with Gasteiger partial charge in [0, 0.05) is 0 Å². The molecular formula is C10H14. The van der Waals surface area contributed by atoms with Gasteiger partial charge in [0.2, 0.25) is 0 Å². The van der Waals surface area contributed by atoms with Gasteiger partial charge in [0.05, 0.1) is 0 Å². The maximum Gasteiger partial charge on any atom is -0.0163 e. The van der Waals surface area contributed by atoms with Crippen LogP contribution >= 0.6 is 0 Å². The van der Waals surface area contributed by atoms with Crippen LogP contribution in [0.4, 0.5) is 0 Å². The van der Waals surface area contributed by atoms with Crippen molar-refractivity contribution in [1.82, 2.24) is 0 Å². The summed E-state index contributed by atoms with van der Waals surface area (Å²) in [5, 5.41) is 0. The molecule has 0 aromatic rings. The molecule has 0 bridgehead atoms. The summed E-state index contributed by atoms with van der Waals surface area (Å²) in [4.78, 5) is 0. The Morgan fingerprint density at radius 3 is 2.80 bits per heavy atom. The first-order valence-electron chi connectivity index (χ1n) is 4.39. The zero-order valence-corrected chi connectivity index (χ0v) is 6.67. The smallest absolute Gasteiger partial charge is 0.0163 e. The normalized spacial score (nSPS) is 59.0. The fraction of sp³-hybridized carbons (Fsp3) is 0.800. The van der Waals surface area contributed by atoms with Crippen LogP contribution in [0.2, 0.25) is 0 Å². The number of allylic oxidation sites excluding steroid dienone is 2. The molecule has 2 fully saturated rings. The molecule has 0 spiro atoms. The zero-order valence-electron chi connectivity index (χ0n) is 6.67. The molecule has 0 heteroatoms. The molecular weight excluding hydrogens is 120 g/mol. The third-order valence-corrected chi connectivity index (χ3v) is 4.13. The van der Waals surface area contributed by atoms with Crippen LogP contribution in [0.15, 0.2) is 12.2 Å². The molecule has 0 radical (unpaired) electrons. The van der Waals surface area contributed by atoms with Crippen LogP contribution < -0.4 is 0 Å². The summed E-state index contributed by atoms with van der Waals surface area (Å²) >= 11 is 0. The minimum absolute atomic E-state index is 0.722. The standard InChI is InChI=1S/C10H14/c1-10(2)8-6-4-3-5-7(6)9(8)10/h3-4,6-9H,5H2,1-2H3/t6-,7+,8-,9+/m0/s1. The number of hydrogen-bond acceptors (Lipinski definition) is 0. The lowest BCUT2D eigenvalue weighted by Crippen LogP contribution is -2.23. The second kappa shape index (κ2) is 1.22. The maximum atomic E-state index is 2.46. The third-order valence-electron chi connectivity index (χ3n) is 4.13. The highest BCUT2D eigenvalue weighted by Gasteiger charge is 2.73. The van der Waals surface area contributed by atoms with Crippen LogP contribution in [0, 0.1) is 29.1 Å². The Morgan fingerprint density at radius 1 is 1.30 bits per heavy atom. The molecule has 3 aliphatic rings. The lowest BCUT2D eigenvalue weighted by molar-refractivity contribution is 0.224. The third kappa shape index (κ3) is 0.349. The van der Waals surface area contributed by atoms with Crippen molar-refractivity contribution < 1.29 is 0 Å². The van der Waals surface area contributed by atoms with Crippen LogP contribution in [0.5, 0.6) is 0 Å². The van der Waals surface area contributed by atoms with Crippen molar-refractivity contribution in [1.29, 1.82) is 0 Å². The molecule has 0 saturated heterocycles. The van der Waals surface area contributed by atoms with Crippen LogP contribution in [0.1, 0.15) is 20.3 Å². The molecule has 10 heavy (non-hydrogen) atoms. The van der Waals surface area contributed by atoms with Gasteiger partial charge in [-0.1, -0.05) is 26.0 Å². The van der Waals surface area contributed by atoms with Gasteiger partial charge >= 0.3 is 0 Å². The average molecular weight is 134 g/mol. The predicted octanol–water partition coefficient (Wildman–Crippen LogP) is 2.46. The van der Waals surface area contributed by atoms with Gasteiger partial charge in [0.15, 0.2) is 0 Å². The second-order valence-electron chi connectivity index (χ2n) is 4.78. The van der Waals surface area contributed by atoms with Gasteiger partial charge in [-0.3, -0.25) is 0 Å². The van der Waals surface area contributed by atoms with Crippen molar-refractivity contribution in [2.24, 2.45) is 29.1 Å². The van der Waals surface area contributed by atoms with E-state index in [1.807, 2.05) is 0 Å². The molecule has 0 unspecified atom stereocenters. The molecule has 0 aromatic carbocycles. The Morgan fingerprint density at radius 2 is 2.10 bits per heavy atom. The Kier molecular flexibility index (Phi) is 0.657. The van der Waals surface area contributed by atoms with Gasteiger partial charge in [-0.2, -0.15) is 0 Å². The van der Waals surface area contributed by atoms with Crippen molar-refractivity contribution in [3.05, 3.63) is 12.2 Å².